The lowest BCUT2D eigenvalue weighted by Crippen LogP contribution is -2.40. The molecular weight excluding hydrogens is 310 g/mol. The first kappa shape index (κ1) is 14.1. The first-order chi connectivity index (χ1) is 9.75. The van der Waals surface area contributed by atoms with Crippen LogP contribution in [0.2, 0.25) is 0 Å². The molecule has 0 N–H and O–H groups in total. The van der Waals surface area contributed by atoms with E-state index in [1.165, 1.54) is 42.0 Å². The van der Waals surface area contributed by atoms with Crippen LogP contribution in [0.1, 0.15) is 31.2 Å². The lowest BCUT2D eigenvalue weighted by molar-refractivity contribution is 0.193. The molecule has 0 heterocycles. The van der Waals surface area contributed by atoms with Crippen molar-refractivity contribution in [3.05, 3.63) is 48.0 Å². The summed E-state index contributed by atoms with van der Waals surface area (Å²) in [5.74, 6) is 0. The van der Waals surface area contributed by atoms with Gasteiger partial charge >= 0.3 is 0 Å². The molecule has 0 amide bonds. The van der Waals surface area contributed by atoms with E-state index in [9.17, 15) is 0 Å². The Kier molecular flexibility index (Phi) is 4.42. The number of fused-ring (bicyclic) bond motifs is 1. The number of halogens is 1. The van der Waals surface area contributed by atoms with E-state index in [0.29, 0.717) is 10.9 Å². The van der Waals surface area contributed by atoms with Crippen molar-refractivity contribution in [1.82, 2.24) is 4.90 Å². The standard InChI is InChI=1S/C18H22BrN/c1-20(18-12-5-4-11-17(18)19)13-15-9-6-8-14-7-2-3-10-16(14)15/h2-3,6-10,17-18H,4-5,11-13H2,1H3. The molecule has 0 aromatic heterocycles. The molecule has 1 nitrogen and oxygen atoms in total. The summed E-state index contributed by atoms with van der Waals surface area (Å²) in [6.07, 6.45) is 5.36. The molecule has 2 aromatic rings. The zero-order valence-electron chi connectivity index (χ0n) is 12.1. The number of hydrogen-bond acceptors (Lipinski definition) is 1. The molecular formula is C18H22BrN. The minimum atomic E-state index is 0.649. The maximum absolute atomic E-state index is 3.88. The summed E-state index contributed by atoms with van der Waals surface area (Å²) in [5.41, 5.74) is 1.44. The second-order valence-corrected chi connectivity index (χ2v) is 7.10. The Balaban J connectivity index is 1.82. The molecule has 1 fully saturated rings. The van der Waals surface area contributed by atoms with Crippen molar-refractivity contribution in [2.45, 2.75) is 43.1 Å². The van der Waals surface area contributed by atoms with Crippen LogP contribution in [0.3, 0.4) is 0 Å². The van der Waals surface area contributed by atoms with Gasteiger partial charge in [-0.25, -0.2) is 0 Å². The molecule has 1 aliphatic rings. The van der Waals surface area contributed by atoms with Gasteiger partial charge in [-0.1, -0.05) is 71.2 Å². The predicted molar refractivity (Wildman–Crippen MR) is 90.4 cm³/mol. The first-order valence-electron chi connectivity index (χ1n) is 7.56. The molecule has 0 bridgehead atoms. The fourth-order valence-electron chi connectivity index (χ4n) is 3.38. The number of nitrogens with zero attached hydrogens (tertiary/aromatic N) is 1. The van der Waals surface area contributed by atoms with Gasteiger partial charge in [-0.15, -0.1) is 0 Å². The molecule has 1 aliphatic carbocycles. The Morgan fingerprint density at radius 1 is 1.05 bits per heavy atom. The first-order valence-corrected chi connectivity index (χ1v) is 8.48. The van der Waals surface area contributed by atoms with Gasteiger partial charge in [-0.3, -0.25) is 4.90 Å². The Labute approximate surface area is 130 Å². The van der Waals surface area contributed by atoms with Gasteiger partial charge < -0.3 is 0 Å². The zero-order chi connectivity index (χ0) is 13.9. The molecule has 0 aliphatic heterocycles. The summed E-state index contributed by atoms with van der Waals surface area (Å²) in [5, 5.41) is 2.74. The summed E-state index contributed by atoms with van der Waals surface area (Å²) in [7, 11) is 2.27. The van der Waals surface area contributed by atoms with Crippen LogP contribution < -0.4 is 0 Å². The van der Waals surface area contributed by atoms with Crippen LogP contribution in [0.25, 0.3) is 10.8 Å². The molecule has 106 valence electrons. The minimum absolute atomic E-state index is 0.649. The number of rotatable bonds is 3. The molecule has 2 aromatic carbocycles. The van der Waals surface area contributed by atoms with Gasteiger partial charge in [0.2, 0.25) is 0 Å². The van der Waals surface area contributed by atoms with E-state index in [1.807, 2.05) is 0 Å². The summed E-state index contributed by atoms with van der Waals surface area (Å²) < 4.78 is 0. The second kappa shape index (κ2) is 6.28. The minimum Gasteiger partial charge on any atom is -0.298 e. The van der Waals surface area contributed by atoms with Gasteiger partial charge in [-0.2, -0.15) is 0 Å². The van der Waals surface area contributed by atoms with Gasteiger partial charge in [0.05, 0.1) is 0 Å². The molecule has 2 heteroatoms. The van der Waals surface area contributed by atoms with Crippen LogP contribution in [-0.2, 0) is 6.54 Å². The smallest absolute Gasteiger partial charge is 0.0301 e. The Morgan fingerprint density at radius 2 is 1.80 bits per heavy atom. The van der Waals surface area contributed by atoms with Crippen LogP contribution >= 0.6 is 15.9 Å². The fraction of sp³-hybridized carbons (Fsp3) is 0.444. The highest BCUT2D eigenvalue weighted by Crippen LogP contribution is 2.29. The van der Waals surface area contributed by atoms with E-state index < -0.39 is 0 Å². The topological polar surface area (TPSA) is 3.24 Å². The highest BCUT2D eigenvalue weighted by Gasteiger charge is 2.26. The molecule has 2 unspecified atom stereocenters. The normalized spacial score (nSPS) is 23.4. The van der Waals surface area contributed by atoms with Gasteiger partial charge in [0, 0.05) is 17.4 Å². The number of hydrogen-bond donors (Lipinski definition) is 0. The van der Waals surface area contributed by atoms with Crippen molar-refractivity contribution >= 4 is 26.7 Å². The quantitative estimate of drug-likeness (QED) is 0.717. The van der Waals surface area contributed by atoms with Crippen molar-refractivity contribution in [3.8, 4) is 0 Å². The molecule has 20 heavy (non-hydrogen) atoms. The number of alkyl halides is 1. The lowest BCUT2D eigenvalue weighted by atomic mass is 9.93. The molecule has 1 saturated carbocycles. The number of benzene rings is 2. The van der Waals surface area contributed by atoms with Crippen LogP contribution in [0, 0.1) is 0 Å². The highest BCUT2D eigenvalue weighted by molar-refractivity contribution is 9.09. The summed E-state index contributed by atoms with van der Waals surface area (Å²) in [4.78, 5) is 3.18. The van der Waals surface area contributed by atoms with E-state index in [0.717, 1.165) is 6.54 Å². The largest absolute Gasteiger partial charge is 0.298 e. The molecule has 0 spiro atoms. The van der Waals surface area contributed by atoms with Crippen molar-refractivity contribution in [1.29, 1.82) is 0 Å². The second-order valence-electron chi connectivity index (χ2n) is 5.92. The summed E-state index contributed by atoms with van der Waals surface area (Å²) in [6, 6.07) is 16.0. The third-order valence-electron chi connectivity index (χ3n) is 4.51. The van der Waals surface area contributed by atoms with Crippen LogP contribution in [0.15, 0.2) is 42.5 Å². The van der Waals surface area contributed by atoms with E-state index in [2.05, 4.69) is 70.3 Å². The SMILES string of the molecule is CN(Cc1cccc2ccccc12)C1CCCCC1Br. The molecule has 0 saturated heterocycles. The highest BCUT2D eigenvalue weighted by atomic mass is 79.9. The molecule has 0 radical (unpaired) electrons. The summed E-state index contributed by atoms with van der Waals surface area (Å²) in [6.45, 7) is 1.04. The lowest BCUT2D eigenvalue weighted by Gasteiger charge is -2.35. The summed E-state index contributed by atoms with van der Waals surface area (Å²) >= 11 is 3.88. The van der Waals surface area contributed by atoms with E-state index >= 15 is 0 Å². The predicted octanol–water partition coefficient (Wildman–Crippen LogP) is 4.98. The van der Waals surface area contributed by atoms with Crippen molar-refractivity contribution in [2.24, 2.45) is 0 Å². The van der Waals surface area contributed by atoms with Crippen molar-refractivity contribution in [3.63, 3.8) is 0 Å². The third kappa shape index (κ3) is 2.91. The van der Waals surface area contributed by atoms with E-state index in [1.54, 1.807) is 0 Å². The van der Waals surface area contributed by atoms with Gasteiger partial charge in [0.15, 0.2) is 0 Å². The van der Waals surface area contributed by atoms with Gasteiger partial charge in [-0.05, 0) is 36.2 Å². The van der Waals surface area contributed by atoms with Crippen LogP contribution in [0.5, 0.6) is 0 Å². The van der Waals surface area contributed by atoms with Crippen LogP contribution in [-0.4, -0.2) is 22.8 Å². The van der Waals surface area contributed by atoms with Crippen LogP contribution in [0.4, 0.5) is 0 Å². The monoisotopic (exact) mass is 331 g/mol. The average Bonchev–Trinajstić information content (AvgIpc) is 2.48. The fourth-order valence-corrected chi connectivity index (χ4v) is 4.37. The molecule has 2 atom stereocenters. The maximum atomic E-state index is 3.88. The molecule has 3 rings (SSSR count). The van der Waals surface area contributed by atoms with E-state index in [4.69, 9.17) is 0 Å². The van der Waals surface area contributed by atoms with Gasteiger partial charge in [0.1, 0.15) is 0 Å². The van der Waals surface area contributed by atoms with Crippen molar-refractivity contribution in [2.75, 3.05) is 7.05 Å². The van der Waals surface area contributed by atoms with Crippen molar-refractivity contribution < 1.29 is 0 Å². The average molecular weight is 332 g/mol. The zero-order valence-corrected chi connectivity index (χ0v) is 13.6. The third-order valence-corrected chi connectivity index (χ3v) is 5.58. The van der Waals surface area contributed by atoms with Gasteiger partial charge in [0.25, 0.3) is 0 Å². The maximum Gasteiger partial charge on any atom is 0.0301 e. The Hall–Kier alpha value is -0.860. The Bertz CT molecular complexity index is 575. The van der Waals surface area contributed by atoms with E-state index in [-0.39, 0.29) is 0 Å². The Morgan fingerprint density at radius 3 is 2.65 bits per heavy atom.